The Labute approximate surface area is 268 Å². The molecule has 2 aliphatic rings. The number of hydrogen-bond donors (Lipinski definition) is 1. The summed E-state index contributed by atoms with van der Waals surface area (Å²) in [5.74, 6) is -4.37. The Kier molecular flexibility index (Phi) is 7.67. The zero-order valence-corrected chi connectivity index (χ0v) is 27.0. The summed E-state index contributed by atoms with van der Waals surface area (Å²) in [5.41, 5.74) is -1.73. The van der Waals surface area contributed by atoms with Crippen molar-refractivity contribution in [2.75, 3.05) is 23.7 Å². The van der Waals surface area contributed by atoms with Crippen LogP contribution in [0.25, 0.3) is 27.7 Å². The first-order valence-electron chi connectivity index (χ1n) is 14.5. The van der Waals surface area contributed by atoms with Crippen molar-refractivity contribution in [2.24, 2.45) is 0 Å². The van der Waals surface area contributed by atoms with Crippen LogP contribution < -0.4 is 10.6 Å². The molecule has 2 atom stereocenters. The van der Waals surface area contributed by atoms with Crippen LogP contribution in [0.1, 0.15) is 37.9 Å². The van der Waals surface area contributed by atoms with E-state index in [4.69, 9.17) is 11.6 Å². The molecule has 1 saturated heterocycles. The third kappa shape index (κ3) is 4.66. The predicted octanol–water partition coefficient (Wildman–Crippen LogP) is 4.90. The minimum atomic E-state index is -4.47. The second-order valence-corrected chi connectivity index (χ2v) is 14.2. The summed E-state index contributed by atoms with van der Waals surface area (Å²) in [4.78, 5) is 38.2. The van der Waals surface area contributed by atoms with Gasteiger partial charge in [0.15, 0.2) is 15.7 Å². The second kappa shape index (κ2) is 11.2. The number of anilines is 1. The lowest BCUT2D eigenvalue weighted by Crippen LogP contribution is -2.61. The molecule has 10 nitrogen and oxygen atoms in total. The molecule has 6 rings (SSSR count). The molecule has 1 fully saturated rings. The Morgan fingerprint density at radius 1 is 1.20 bits per heavy atom. The maximum Gasteiger partial charge on any atom is 0.354 e. The van der Waals surface area contributed by atoms with Crippen LogP contribution in [0.4, 0.5) is 14.6 Å². The lowest BCUT2D eigenvalue weighted by Gasteiger charge is -2.45. The SMILES string of the molecule is C=CC(=O)N1CC(C)N2c3nc(=O)n(-c4c(C)ccnc4C(C)C)c4c(F)c(-c5c(O)cccc5F)c(Cl)c(c34)S(=O)(=O)CC2C1. The Morgan fingerprint density at radius 2 is 1.91 bits per heavy atom. The molecule has 0 saturated carbocycles. The van der Waals surface area contributed by atoms with Crippen LogP contribution in [0.2, 0.25) is 5.02 Å². The highest BCUT2D eigenvalue weighted by Gasteiger charge is 2.45. The van der Waals surface area contributed by atoms with Gasteiger partial charge in [0, 0.05) is 30.9 Å². The number of aromatic hydroxyl groups is 1. The van der Waals surface area contributed by atoms with Gasteiger partial charge in [-0.1, -0.05) is 38.1 Å². The van der Waals surface area contributed by atoms with Crippen LogP contribution >= 0.6 is 11.6 Å². The molecular formula is C32H30ClF2N5O5S. The van der Waals surface area contributed by atoms with Crippen LogP contribution in [0.15, 0.2) is 52.8 Å². The van der Waals surface area contributed by atoms with Gasteiger partial charge in [-0.25, -0.2) is 22.0 Å². The molecule has 2 aromatic carbocycles. The maximum atomic E-state index is 17.4. The average molecular weight is 670 g/mol. The van der Waals surface area contributed by atoms with Crippen molar-refractivity contribution < 1.29 is 27.1 Å². The van der Waals surface area contributed by atoms with Crippen molar-refractivity contribution in [1.82, 2.24) is 19.4 Å². The first-order valence-corrected chi connectivity index (χ1v) is 16.6. The number of benzene rings is 2. The molecule has 1 N–H and O–H groups in total. The Morgan fingerprint density at radius 3 is 2.57 bits per heavy atom. The number of nitrogens with zero attached hydrogens (tertiary/aromatic N) is 5. The van der Waals surface area contributed by atoms with Gasteiger partial charge in [-0.15, -0.1) is 0 Å². The predicted molar refractivity (Wildman–Crippen MR) is 171 cm³/mol. The van der Waals surface area contributed by atoms with Crippen molar-refractivity contribution >= 4 is 44.1 Å². The number of amides is 1. The topological polar surface area (TPSA) is 126 Å². The summed E-state index contributed by atoms with van der Waals surface area (Å²) in [7, 11) is -4.47. The van der Waals surface area contributed by atoms with Gasteiger partial charge in [0.05, 0.1) is 49.6 Å². The number of carbonyl (C=O) groups is 1. The molecular weight excluding hydrogens is 640 g/mol. The Balaban J connectivity index is 1.86. The highest BCUT2D eigenvalue weighted by Crippen LogP contribution is 2.49. The number of pyridine rings is 1. The molecule has 4 aromatic rings. The van der Waals surface area contributed by atoms with Crippen LogP contribution in [-0.4, -0.2) is 69.8 Å². The Bertz CT molecular complexity index is 2130. The lowest BCUT2D eigenvalue weighted by atomic mass is 9.99. The number of sulfone groups is 1. The number of halogens is 3. The zero-order chi connectivity index (χ0) is 33.4. The van der Waals surface area contributed by atoms with E-state index in [1.54, 1.807) is 31.0 Å². The molecule has 14 heteroatoms. The van der Waals surface area contributed by atoms with Gasteiger partial charge in [-0.05, 0) is 49.6 Å². The van der Waals surface area contributed by atoms with Crippen molar-refractivity contribution in [2.45, 2.75) is 50.6 Å². The third-order valence-electron chi connectivity index (χ3n) is 8.55. The molecule has 1 amide bonds. The normalized spacial score (nSPS) is 18.9. The molecule has 46 heavy (non-hydrogen) atoms. The first-order chi connectivity index (χ1) is 21.7. The molecule has 4 heterocycles. The summed E-state index contributed by atoms with van der Waals surface area (Å²) < 4.78 is 62.5. The van der Waals surface area contributed by atoms with E-state index >= 15 is 8.78 Å². The molecule has 2 aliphatic heterocycles. The molecule has 2 aromatic heterocycles. The Hall–Kier alpha value is -4.36. The van der Waals surface area contributed by atoms with Gasteiger partial charge in [-0.2, -0.15) is 4.98 Å². The van der Waals surface area contributed by atoms with E-state index in [0.29, 0.717) is 11.3 Å². The highest BCUT2D eigenvalue weighted by atomic mass is 35.5. The summed E-state index contributed by atoms with van der Waals surface area (Å²) >= 11 is 6.80. The molecule has 0 bridgehead atoms. The van der Waals surface area contributed by atoms with E-state index in [1.807, 2.05) is 13.8 Å². The average Bonchev–Trinajstić information content (AvgIpc) is 3.07. The number of rotatable bonds is 4. The largest absolute Gasteiger partial charge is 0.507 e. The van der Waals surface area contributed by atoms with E-state index in [2.05, 4.69) is 16.5 Å². The summed E-state index contributed by atoms with van der Waals surface area (Å²) in [6.07, 6.45) is 2.67. The number of carbonyl (C=O) groups excluding carboxylic acids is 1. The standard InChI is InChI=1S/C32H30ClF2N5O5S/c1-6-21(42)38-12-17(5)39-18(13-38)14-46(44,45)30-24-29(26(35)23(25(30)33)22-19(34)8-7-9-20(22)41)40(32(43)37-31(24)39)28-16(4)10-11-36-27(28)15(2)3/h6-11,15,17-18,41H,1,12-14H2,2-5H3. The van der Waals surface area contributed by atoms with E-state index in [1.165, 1.54) is 11.0 Å². The number of piperazine rings is 1. The fraction of sp³-hybridized carbons (Fsp3) is 0.312. The summed E-state index contributed by atoms with van der Waals surface area (Å²) in [5, 5.41) is 9.80. The van der Waals surface area contributed by atoms with Gasteiger partial charge < -0.3 is 14.9 Å². The van der Waals surface area contributed by atoms with Crippen molar-refractivity contribution in [3.8, 4) is 22.6 Å². The van der Waals surface area contributed by atoms with Crippen LogP contribution in [-0.2, 0) is 14.6 Å². The molecule has 0 aliphatic carbocycles. The quantitative estimate of drug-likeness (QED) is 0.240. The van der Waals surface area contributed by atoms with E-state index in [0.717, 1.165) is 22.8 Å². The highest BCUT2D eigenvalue weighted by molar-refractivity contribution is 7.91. The number of hydrogen-bond acceptors (Lipinski definition) is 8. The van der Waals surface area contributed by atoms with Crippen molar-refractivity contribution in [1.29, 1.82) is 0 Å². The molecule has 2 unspecified atom stereocenters. The summed E-state index contributed by atoms with van der Waals surface area (Å²) in [6, 6.07) is 3.43. The molecule has 0 radical (unpaired) electrons. The smallest absolute Gasteiger partial charge is 0.354 e. The van der Waals surface area contributed by atoms with Crippen LogP contribution in [0, 0.1) is 18.6 Å². The summed E-state index contributed by atoms with van der Waals surface area (Å²) in [6.45, 7) is 10.7. The van der Waals surface area contributed by atoms with E-state index < -0.39 is 83.2 Å². The number of phenolic OH excluding ortho intramolecular Hbond substituents is 1. The number of aromatic nitrogens is 3. The monoisotopic (exact) mass is 669 g/mol. The van der Waals surface area contributed by atoms with Gasteiger partial charge in [0.2, 0.25) is 5.91 Å². The molecule has 240 valence electrons. The van der Waals surface area contributed by atoms with Crippen molar-refractivity contribution in [3.63, 3.8) is 0 Å². The zero-order valence-electron chi connectivity index (χ0n) is 25.4. The molecule has 0 spiro atoms. The van der Waals surface area contributed by atoms with Gasteiger partial charge >= 0.3 is 5.69 Å². The fourth-order valence-corrected chi connectivity index (χ4v) is 9.10. The lowest BCUT2D eigenvalue weighted by molar-refractivity contribution is -0.127. The second-order valence-electron chi connectivity index (χ2n) is 11.9. The minimum Gasteiger partial charge on any atom is -0.507 e. The third-order valence-corrected chi connectivity index (χ3v) is 10.9. The van der Waals surface area contributed by atoms with Gasteiger partial charge in [0.25, 0.3) is 0 Å². The van der Waals surface area contributed by atoms with Crippen LogP contribution in [0.3, 0.4) is 0 Å². The van der Waals surface area contributed by atoms with Gasteiger partial charge in [-0.3, -0.25) is 14.3 Å². The van der Waals surface area contributed by atoms with Crippen LogP contribution in [0.5, 0.6) is 5.75 Å². The first kappa shape index (κ1) is 31.6. The van der Waals surface area contributed by atoms with Gasteiger partial charge in [0.1, 0.15) is 17.4 Å². The maximum absolute atomic E-state index is 17.4. The van der Waals surface area contributed by atoms with E-state index in [-0.39, 0.29) is 35.9 Å². The number of aryl methyl sites for hydroxylation is 1. The number of fused-ring (bicyclic) bond motifs is 2. The number of phenols is 1. The minimum absolute atomic E-state index is 0.0606. The van der Waals surface area contributed by atoms with E-state index in [9.17, 15) is 23.1 Å². The van der Waals surface area contributed by atoms with Crippen molar-refractivity contribution in [3.05, 3.63) is 81.5 Å². The fourth-order valence-electron chi connectivity index (χ4n) is 6.66.